The standard InChI is InChI=1S/C16H16N2O/c1-4-13(2)10-15(11-18-12-16(19)17-3)14-8-6-5-7-9-14/h1,5-11H,2,12H2,3H3,(H,17,19)/b15-10+,18-11?. The minimum atomic E-state index is -0.139. The first-order valence-corrected chi connectivity index (χ1v) is 5.80. The average molecular weight is 252 g/mol. The van der Waals surface area contributed by atoms with Gasteiger partial charge in [-0.25, -0.2) is 0 Å². The van der Waals surface area contributed by atoms with Crippen molar-refractivity contribution in [2.75, 3.05) is 13.6 Å². The molecule has 0 heterocycles. The summed E-state index contributed by atoms with van der Waals surface area (Å²) in [5.74, 6) is 2.32. The molecule has 0 aliphatic heterocycles. The van der Waals surface area contributed by atoms with Crippen molar-refractivity contribution in [2.45, 2.75) is 0 Å². The SMILES string of the molecule is C#CC(=C)/C=C(\C=NCC(=O)NC)c1ccccc1. The van der Waals surface area contributed by atoms with Gasteiger partial charge < -0.3 is 5.32 Å². The molecular formula is C16H16N2O. The maximum atomic E-state index is 11.1. The van der Waals surface area contributed by atoms with Crippen LogP contribution >= 0.6 is 0 Å². The van der Waals surface area contributed by atoms with Crippen LogP contribution in [0.15, 0.2) is 53.6 Å². The predicted molar refractivity (Wildman–Crippen MR) is 79.8 cm³/mol. The van der Waals surface area contributed by atoms with Gasteiger partial charge in [0.1, 0.15) is 6.54 Å². The lowest BCUT2D eigenvalue weighted by Crippen LogP contribution is -2.20. The molecule has 0 bridgehead atoms. The van der Waals surface area contributed by atoms with E-state index in [1.54, 1.807) is 19.3 Å². The maximum Gasteiger partial charge on any atom is 0.241 e. The molecule has 0 aliphatic rings. The van der Waals surface area contributed by atoms with Crippen LogP contribution < -0.4 is 5.32 Å². The molecule has 19 heavy (non-hydrogen) atoms. The molecule has 1 amide bonds. The van der Waals surface area contributed by atoms with Gasteiger partial charge in [-0.3, -0.25) is 9.79 Å². The molecule has 96 valence electrons. The Balaban J connectivity index is 2.95. The number of terminal acetylenes is 1. The van der Waals surface area contributed by atoms with Gasteiger partial charge in [-0.15, -0.1) is 6.42 Å². The molecule has 0 aromatic heterocycles. The van der Waals surface area contributed by atoms with Crippen molar-refractivity contribution in [2.24, 2.45) is 4.99 Å². The number of aliphatic imine (C=N–C) groups is 1. The summed E-state index contributed by atoms with van der Waals surface area (Å²) in [7, 11) is 1.58. The highest BCUT2D eigenvalue weighted by Gasteiger charge is 1.99. The van der Waals surface area contributed by atoms with Crippen molar-refractivity contribution in [1.29, 1.82) is 0 Å². The number of likely N-dealkylation sites (N-methyl/N-ethyl adjacent to an activating group) is 1. The molecule has 1 aromatic carbocycles. The third-order valence-corrected chi connectivity index (χ3v) is 2.37. The molecule has 1 aromatic rings. The van der Waals surface area contributed by atoms with Crippen molar-refractivity contribution < 1.29 is 4.79 Å². The van der Waals surface area contributed by atoms with E-state index in [9.17, 15) is 4.79 Å². The van der Waals surface area contributed by atoms with Gasteiger partial charge in [-0.05, 0) is 11.6 Å². The van der Waals surface area contributed by atoms with E-state index in [1.807, 2.05) is 30.3 Å². The number of hydrogen-bond donors (Lipinski definition) is 1. The summed E-state index contributed by atoms with van der Waals surface area (Å²) >= 11 is 0. The van der Waals surface area contributed by atoms with Gasteiger partial charge in [-0.2, -0.15) is 0 Å². The van der Waals surface area contributed by atoms with Crippen LogP contribution in [0, 0.1) is 12.3 Å². The van der Waals surface area contributed by atoms with Crippen molar-refractivity contribution in [1.82, 2.24) is 5.32 Å². The summed E-state index contributed by atoms with van der Waals surface area (Å²) in [6.45, 7) is 3.83. The fourth-order valence-electron chi connectivity index (χ4n) is 1.36. The van der Waals surface area contributed by atoms with Gasteiger partial charge in [0.05, 0.1) is 0 Å². The third-order valence-electron chi connectivity index (χ3n) is 2.37. The summed E-state index contributed by atoms with van der Waals surface area (Å²) in [4.78, 5) is 15.2. The minimum absolute atomic E-state index is 0.0865. The van der Waals surface area contributed by atoms with Gasteiger partial charge in [0.25, 0.3) is 0 Å². The van der Waals surface area contributed by atoms with Crippen molar-refractivity contribution in [3.8, 4) is 12.3 Å². The van der Waals surface area contributed by atoms with E-state index in [1.165, 1.54) is 0 Å². The van der Waals surface area contributed by atoms with Gasteiger partial charge in [-0.1, -0.05) is 42.8 Å². The number of carbonyl (C=O) groups is 1. The van der Waals surface area contributed by atoms with Crippen LogP contribution in [-0.2, 0) is 4.79 Å². The van der Waals surface area contributed by atoms with E-state index in [-0.39, 0.29) is 12.5 Å². The van der Waals surface area contributed by atoms with Crippen LogP contribution in [-0.4, -0.2) is 25.7 Å². The zero-order valence-corrected chi connectivity index (χ0v) is 10.9. The number of amides is 1. The highest BCUT2D eigenvalue weighted by atomic mass is 16.1. The predicted octanol–water partition coefficient (Wildman–Crippen LogP) is 2.08. The number of carbonyl (C=O) groups excluding carboxylic acids is 1. The number of hydrogen-bond acceptors (Lipinski definition) is 2. The first-order chi connectivity index (χ1) is 9.17. The molecule has 0 aliphatic carbocycles. The van der Waals surface area contributed by atoms with Crippen molar-refractivity contribution in [3.05, 3.63) is 54.1 Å². The first kappa shape index (κ1) is 14.5. The molecule has 0 saturated heterocycles. The van der Waals surface area contributed by atoms with Crippen LogP contribution in [0.5, 0.6) is 0 Å². The van der Waals surface area contributed by atoms with E-state index in [4.69, 9.17) is 6.42 Å². The normalized spacial score (nSPS) is 11.1. The number of nitrogens with one attached hydrogen (secondary N) is 1. The lowest BCUT2D eigenvalue weighted by Gasteiger charge is -2.02. The number of allylic oxidation sites excluding steroid dienone is 3. The largest absolute Gasteiger partial charge is 0.358 e. The fraction of sp³-hybridized carbons (Fsp3) is 0.125. The molecule has 0 unspecified atom stereocenters. The second-order valence-electron chi connectivity index (χ2n) is 3.78. The summed E-state index contributed by atoms with van der Waals surface area (Å²) in [6, 6.07) is 9.67. The Morgan fingerprint density at radius 2 is 2.16 bits per heavy atom. The Morgan fingerprint density at radius 1 is 1.47 bits per heavy atom. The molecule has 3 nitrogen and oxygen atoms in total. The topological polar surface area (TPSA) is 41.5 Å². The minimum Gasteiger partial charge on any atom is -0.358 e. The zero-order chi connectivity index (χ0) is 14.1. The molecule has 0 saturated carbocycles. The second kappa shape index (κ2) is 7.67. The molecule has 1 N–H and O–H groups in total. The first-order valence-electron chi connectivity index (χ1n) is 5.80. The molecular weight excluding hydrogens is 236 g/mol. The summed E-state index contributed by atoms with van der Waals surface area (Å²) in [6.07, 6.45) is 8.69. The molecule has 0 spiro atoms. The number of rotatable bonds is 5. The molecule has 0 atom stereocenters. The third kappa shape index (κ3) is 5.05. The maximum absolute atomic E-state index is 11.1. The van der Waals surface area contributed by atoms with Crippen LogP contribution in [0.2, 0.25) is 0 Å². The van der Waals surface area contributed by atoms with E-state index in [0.29, 0.717) is 5.57 Å². The number of benzene rings is 1. The van der Waals surface area contributed by atoms with Crippen molar-refractivity contribution >= 4 is 17.7 Å². The lowest BCUT2D eigenvalue weighted by molar-refractivity contribution is -0.119. The molecule has 3 heteroatoms. The van der Waals surface area contributed by atoms with Gasteiger partial charge in [0, 0.05) is 24.4 Å². The summed E-state index contributed by atoms with van der Waals surface area (Å²) in [5.41, 5.74) is 2.36. The van der Waals surface area contributed by atoms with E-state index < -0.39 is 0 Å². The quantitative estimate of drug-likeness (QED) is 0.486. The highest BCUT2D eigenvalue weighted by Crippen LogP contribution is 2.13. The smallest absolute Gasteiger partial charge is 0.241 e. The lowest BCUT2D eigenvalue weighted by atomic mass is 10.0. The molecule has 1 rings (SSSR count). The van der Waals surface area contributed by atoms with E-state index in [2.05, 4.69) is 22.8 Å². The highest BCUT2D eigenvalue weighted by molar-refractivity contribution is 6.11. The van der Waals surface area contributed by atoms with Crippen LogP contribution in [0.25, 0.3) is 5.57 Å². The second-order valence-corrected chi connectivity index (χ2v) is 3.78. The van der Waals surface area contributed by atoms with Crippen LogP contribution in [0.3, 0.4) is 0 Å². The molecule has 0 fully saturated rings. The fourth-order valence-corrected chi connectivity index (χ4v) is 1.36. The summed E-state index contributed by atoms with van der Waals surface area (Å²) < 4.78 is 0. The van der Waals surface area contributed by atoms with E-state index in [0.717, 1.165) is 11.1 Å². The Morgan fingerprint density at radius 3 is 2.74 bits per heavy atom. The zero-order valence-electron chi connectivity index (χ0n) is 10.9. The Kier molecular flexibility index (Phi) is 5.84. The van der Waals surface area contributed by atoms with Crippen molar-refractivity contribution in [3.63, 3.8) is 0 Å². The Labute approximate surface area is 113 Å². The molecule has 0 radical (unpaired) electrons. The Hall–Kier alpha value is -2.60. The summed E-state index contributed by atoms with van der Waals surface area (Å²) in [5, 5.41) is 2.51. The number of nitrogens with zero attached hydrogens (tertiary/aromatic N) is 1. The van der Waals surface area contributed by atoms with E-state index >= 15 is 0 Å². The van der Waals surface area contributed by atoms with Gasteiger partial charge >= 0.3 is 0 Å². The van der Waals surface area contributed by atoms with Crippen LogP contribution in [0.4, 0.5) is 0 Å². The van der Waals surface area contributed by atoms with Crippen LogP contribution in [0.1, 0.15) is 5.56 Å². The van der Waals surface area contributed by atoms with Gasteiger partial charge in [0.15, 0.2) is 0 Å². The Bertz CT molecular complexity index is 548. The average Bonchev–Trinajstić information content (AvgIpc) is 2.46. The monoisotopic (exact) mass is 252 g/mol. The van der Waals surface area contributed by atoms with Gasteiger partial charge in [0.2, 0.25) is 5.91 Å².